The summed E-state index contributed by atoms with van der Waals surface area (Å²) in [6.45, 7) is 2.73. The smallest absolute Gasteiger partial charge is 0.147 e. The molecule has 0 amide bonds. The third-order valence-corrected chi connectivity index (χ3v) is 3.27. The van der Waals surface area contributed by atoms with Gasteiger partial charge in [0.1, 0.15) is 12.1 Å². The fourth-order valence-corrected chi connectivity index (χ4v) is 2.21. The van der Waals surface area contributed by atoms with Crippen LogP contribution in [0.3, 0.4) is 0 Å². The van der Waals surface area contributed by atoms with Gasteiger partial charge < -0.3 is 11.1 Å². The standard InChI is InChI=1S/C10H14N4S/c1-2-7(5-11)14-10-9-8(3-4-15-9)12-6-13-10/h3-4,6-7H,2,5,11H2,1H3,(H,12,13,14). The molecule has 0 fully saturated rings. The highest BCUT2D eigenvalue weighted by Crippen LogP contribution is 2.25. The second kappa shape index (κ2) is 4.55. The number of nitrogens with zero attached hydrogens (tertiary/aromatic N) is 2. The van der Waals surface area contributed by atoms with E-state index in [1.54, 1.807) is 17.7 Å². The lowest BCUT2D eigenvalue weighted by Gasteiger charge is -2.15. The average molecular weight is 222 g/mol. The topological polar surface area (TPSA) is 63.8 Å². The van der Waals surface area contributed by atoms with E-state index in [1.807, 2.05) is 11.4 Å². The van der Waals surface area contributed by atoms with Crippen molar-refractivity contribution in [1.82, 2.24) is 9.97 Å². The molecule has 1 atom stereocenters. The van der Waals surface area contributed by atoms with Crippen molar-refractivity contribution in [3.63, 3.8) is 0 Å². The van der Waals surface area contributed by atoms with Gasteiger partial charge in [-0.2, -0.15) is 0 Å². The zero-order valence-electron chi connectivity index (χ0n) is 8.60. The van der Waals surface area contributed by atoms with E-state index in [0.29, 0.717) is 6.54 Å². The van der Waals surface area contributed by atoms with Crippen LogP contribution in [0.1, 0.15) is 13.3 Å². The Morgan fingerprint density at radius 1 is 1.53 bits per heavy atom. The van der Waals surface area contributed by atoms with Crippen LogP contribution < -0.4 is 11.1 Å². The van der Waals surface area contributed by atoms with Gasteiger partial charge in [0.25, 0.3) is 0 Å². The van der Waals surface area contributed by atoms with E-state index < -0.39 is 0 Å². The van der Waals surface area contributed by atoms with Crippen LogP contribution in [0, 0.1) is 0 Å². The molecule has 0 aliphatic carbocycles. The van der Waals surface area contributed by atoms with Gasteiger partial charge in [0, 0.05) is 12.6 Å². The van der Waals surface area contributed by atoms with Crippen molar-refractivity contribution in [2.75, 3.05) is 11.9 Å². The number of hydrogen-bond donors (Lipinski definition) is 2. The molecule has 0 aromatic carbocycles. The molecule has 15 heavy (non-hydrogen) atoms. The Hall–Kier alpha value is -1.20. The maximum atomic E-state index is 5.65. The second-order valence-corrected chi connectivity index (χ2v) is 4.26. The first-order valence-electron chi connectivity index (χ1n) is 5.00. The predicted octanol–water partition coefficient (Wildman–Crippen LogP) is 1.84. The van der Waals surface area contributed by atoms with Crippen molar-refractivity contribution in [3.8, 4) is 0 Å². The van der Waals surface area contributed by atoms with Crippen LogP contribution in [-0.4, -0.2) is 22.6 Å². The number of rotatable bonds is 4. The summed E-state index contributed by atoms with van der Waals surface area (Å²) in [5, 5.41) is 5.36. The molecule has 0 aliphatic heterocycles. The second-order valence-electron chi connectivity index (χ2n) is 3.34. The molecule has 2 aromatic rings. The molecule has 2 rings (SSSR count). The molecule has 80 valence electrons. The summed E-state index contributed by atoms with van der Waals surface area (Å²) < 4.78 is 1.10. The maximum absolute atomic E-state index is 5.65. The zero-order valence-corrected chi connectivity index (χ0v) is 9.42. The van der Waals surface area contributed by atoms with Crippen LogP contribution in [0.5, 0.6) is 0 Å². The molecular weight excluding hydrogens is 208 g/mol. The summed E-state index contributed by atoms with van der Waals surface area (Å²) in [6, 6.07) is 2.28. The van der Waals surface area contributed by atoms with Crippen molar-refractivity contribution < 1.29 is 0 Å². The van der Waals surface area contributed by atoms with E-state index >= 15 is 0 Å². The Bertz CT molecular complexity index is 436. The van der Waals surface area contributed by atoms with Gasteiger partial charge in [-0.25, -0.2) is 9.97 Å². The molecule has 2 heterocycles. The molecule has 3 N–H and O–H groups in total. The summed E-state index contributed by atoms with van der Waals surface area (Å²) >= 11 is 1.65. The van der Waals surface area contributed by atoms with Crippen LogP contribution in [0.15, 0.2) is 17.8 Å². The molecule has 0 saturated carbocycles. The predicted molar refractivity (Wildman–Crippen MR) is 64.2 cm³/mol. The molecule has 0 radical (unpaired) electrons. The fraction of sp³-hybridized carbons (Fsp3) is 0.400. The first-order valence-corrected chi connectivity index (χ1v) is 5.88. The van der Waals surface area contributed by atoms with Gasteiger partial charge in [0.15, 0.2) is 0 Å². The fourth-order valence-electron chi connectivity index (χ4n) is 1.41. The molecule has 0 saturated heterocycles. The third kappa shape index (κ3) is 2.08. The number of anilines is 1. The summed E-state index contributed by atoms with van der Waals surface area (Å²) in [4.78, 5) is 8.44. The molecule has 0 aliphatic rings. The SMILES string of the molecule is CCC(CN)Nc1ncnc2ccsc12. The summed E-state index contributed by atoms with van der Waals surface area (Å²) in [7, 11) is 0. The highest BCUT2D eigenvalue weighted by Gasteiger charge is 2.08. The van der Waals surface area contributed by atoms with Gasteiger partial charge in [0.05, 0.1) is 10.2 Å². The van der Waals surface area contributed by atoms with E-state index in [-0.39, 0.29) is 6.04 Å². The van der Waals surface area contributed by atoms with Gasteiger partial charge in [0.2, 0.25) is 0 Å². The number of hydrogen-bond acceptors (Lipinski definition) is 5. The van der Waals surface area contributed by atoms with Gasteiger partial charge in [-0.1, -0.05) is 6.92 Å². The van der Waals surface area contributed by atoms with Crippen LogP contribution in [0.25, 0.3) is 10.2 Å². The monoisotopic (exact) mass is 222 g/mol. The number of aromatic nitrogens is 2. The van der Waals surface area contributed by atoms with E-state index in [9.17, 15) is 0 Å². The van der Waals surface area contributed by atoms with E-state index in [1.165, 1.54) is 0 Å². The number of nitrogens with one attached hydrogen (secondary N) is 1. The molecule has 1 unspecified atom stereocenters. The lowest BCUT2D eigenvalue weighted by Crippen LogP contribution is -2.28. The number of nitrogens with two attached hydrogens (primary N) is 1. The minimum atomic E-state index is 0.283. The Balaban J connectivity index is 2.30. The van der Waals surface area contributed by atoms with Crippen LogP contribution >= 0.6 is 11.3 Å². The van der Waals surface area contributed by atoms with Crippen LogP contribution in [0.2, 0.25) is 0 Å². The number of thiophene rings is 1. The van der Waals surface area contributed by atoms with Crippen molar-refractivity contribution in [2.45, 2.75) is 19.4 Å². The van der Waals surface area contributed by atoms with Crippen LogP contribution in [0.4, 0.5) is 5.82 Å². The summed E-state index contributed by atoms with van der Waals surface area (Å²) in [5.41, 5.74) is 6.64. The molecular formula is C10H14N4S. The van der Waals surface area contributed by atoms with Crippen molar-refractivity contribution >= 4 is 27.4 Å². The molecule has 2 aromatic heterocycles. The first-order chi connectivity index (χ1) is 7.35. The lowest BCUT2D eigenvalue weighted by molar-refractivity contribution is 0.701. The lowest BCUT2D eigenvalue weighted by atomic mass is 10.2. The largest absolute Gasteiger partial charge is 0.365 e. The Kier molecular flexibility index (Phi) is 3.13. The highest BCUT2D eigenvalue weighted by molar-refractivity contribution is 7.17. The van der Waals surface area contributed by atoms with Crippen molar-refractivity contribution in [2.24, 2.45) is 5.73 Å². The van der Waals surface area contributed by atoms with Crippen molar-refractivity contribution in [3.05, 3.63) is 17.8 Å². The molecule has 4 nitrogen and oxygen atoms in total. The van der Waals surface area contributed by atoms with Gasteiger partial charge in [-0.15, -0.1) is 11.3 Å². The first kappa shape index (κ1) is 10.3. The maximum Gasteiger partial charge on any atom is 0.147 e. The zero-order chi connectivity index (χ0) is 10.7. The number of fused-ring (bicyclic) bond motifs is 1. The third-order valence-electron chi connectivity index (χ3n) is 2.36. The molecule has 0 spiro atoms. The van der Waals surface area contributed by atoms with Gasteiger partial charge in [-0.3, -0.25) is 0 Å². The molecule has 5 heteroatoms. The Morgan fingerprint density at radius 2 is 2.40 bits per heavy atom. The Labute approximate surface area is 92.5 Å². The quantitative estimate of drug-likeness (QED) is 0.828. The van der Waals surface area contributed by atoms with Gasteiger partial charge >= 0.3 is 0 Å². The normalized spacial score (nSPS) is 12.9. The van der Waals surface area contributed by atoms with E-state index in [0.717, 1.165) is 22.5 Å². The average Bonchev–Trinajstić information content (AvgIpc) is 2.74. The molecule has 0 bridgehead atoms. The minimum Gasteiger partial charge on any atom is -0.365 e. The summed E-state index contributed by atoms with van der Waals surface area (Å²) in [6.07, 6.45) is 2.58. The highest BCUT2D eigenvalue weighted by atomic mass is 32.1. The summed E-state index contributed by atoms with van der Waals surface area (Å²) in [5.74, 6) is 0.896. The van der Waals surface area contributed by atoms with Crippen LogP contribution in [-0.2, 0) is 0 Å². The van der Waals surface area contributed by atoms with E-state index in [2.05, 4.69) is 22.2 Å². The van der Waals surface area contributed by atoms with E-state index in [4.69, 9.17) is 5.73 Å². The van der Waals surface area contributed by atoms with Gasteiger partial charge in [-0.05, 0) is 17.9 Å². The Morgan fingerprint density at radius 3 is 3.13 bits per heavy atom. The van der Waals surface area contributed by atoms with Crippen molar-refractivity contribution in [1.29, 1.82) is 0 Å². The minimum absolute atomic E-state index is 0.283.